The minimum absolute atomic E-state index is 0.0312. The summed E-state index contributed by atoms with van der Waals surface area (Å²) >= 11 is 0. The van der Waals surface area contributed by atoms with Gasteiger partial charge in [0.15, 0.2) is 5.82 Å². The van der Waals surface area contributed by atoms with Crippen molar-refractivity contribution < 1.29 is 9.59 Å². The third-order valence-corrected chi connectivity index (χ3v) is 6.35. The summed E-state index contributed by atoms with van der Waals surface area (Å²) in [6.07, 6.45) is 6.27. The largest absolute Gasteiger partial charge is 0.343 e. The van der Waals surface area contributed by atoms with E-state index in [0.717, 1.165) is 44.5 Å². The van der Waals surface area contributed by atoms with E-state index in [1.807, 2.05) is 23.1 Å². The highest BCUT2D eigenvalue weighted by molar-refractivity contribution is 6.01. The third kappa shape index (κ3) is 4.93. The van der Waals surface area contributed by atoms with Crippen LogP contribution in [0.1, 0.15) is 50.5 Å². The molecule has 2 saturated heterocycles. The van der Waals surface area contributed by atoms with Crippen LogP contribution in [0.25, 0.3) is 0 Å². The second kappa shape index (κ2) is 10.0. The molecule has 4 rings (SSSR count). The Morgan fingerprint density at radius 2 is 1.87 bits per heavy atom. The molecule has 1 N–H and O–H groups in total. The number of carbonyl (C=O) groups excluding carboxylic acids is 2. The predicted molar refractivity (Wildman–Crippen MR) is 120 cm³/mol. The average molecular weight is 422 g/mol. The Bertz CT molecular complexity index is 875. The number of rotatable bonds is 7. The van der Waals surface area contributed by atoms with Crippen LogP contribution in [-0.4, -0.2) is 53.1 Å². The van der Waals surface area contributed by atoms with Crippen LogP contribution < -0.4 is 10.2 Å². The number of piperidine rings is 1. The summed E-state index contributed by atoms with van der Waals surface area (Å²) in [6.45, 7) is 5.17. The molecule has 0 aliphatic carbocycles. The first kappa shape index (κ1) is 21.4. The second-order valence-corrected chi connectivity index (χ2v) is 8.46. The molecule has 1 aromatic heterocycles. The summed E-state index contributed by atoms with van der Waals surface area (Å²) in [5.74, 6) is 1.30. The van der Waals surface area contributed by atoms with Crippen molar-refractivity contribution in [2.75, 3.05) is 31.1 Å². The first-order valence-corrected chi connectivity index (χ1v) is 11.4. The maximum Gasteiger partial charge on any atom is 0.238 e. The van der Waals surface area contributed by atoms with Gasteiger partial charge in [-0.25, -0.2) is 0 Å². The molecule has 7 heteroatoms. The zero-order valence-corrected chi connectivity index (χ0v) is 18.2. The van der Waals surface area contributed by atoms with Crippen LogP contribution in [-0.2, 0) is 9.59 Å². The summed E-state index contributed by atoms with van der Waals surface area (Å²) in [5, 5.41) is 11.3. The molecule has 0 atom stereocenters. The van der Waals surface area contributed by atoms with E-state index in [4.69, 9.17) is 0 Å². The van der Waals surface area contributed by atoms with Gasteiger partial charge in [-0.3, -0.25) is 14.5 Å². The zero-order chi connectivity index (χ0) is 21.6. The Labute approximate surface area is 183 Å². The van der Waals surface area contributed by atoms with Crippen molar-refractivity contribution in [1.82, 2.24) is 20.4 Å². The highest BCUT2D eigenvalue weighted by atomic mass is 16.2. The molecule has 2 aliphatic rings. The van der Waals surface area contributed by atoms with Crippen LogP contribution in [0, 0.1) is 5.92 Å². The quantitative estimate of drug-likeness (QED) is 0.742. The van der Waals surface area contributed by atoms with E-state index in [1.165, 1.54) is 5.56 Å². The SMILES string of the molecule is CCCCC(=O)N1CCC(c2ccc(N(C(=O)C3CNC3)c3cccnn3)cc2)CC1. The molecule has 2 aliphatic heterocycles. The molecule has 2 aromatic rings. The smallest absolute Gasteiger partial charge is 0.238 e. The zero-order valence-electron chi connectivity index (χ0n) is 18.2. The van der Waals surface area contributed by atoms with Crippen molar-refractivity contribution in [3.05, 3.63) is 48.2 Å². The van der Waals surface area contributed by atoms with Gasteiger partial charge in [0.05, 0.1) is 11.6 Å². The van der Waals surface area contributed by atoms with Crippen LogP contribution in [0.4, 0.5) is 11.5 Å². The lowest BCUT2D eigenvalue weighted by Gasteiger charge is -2.33. The predicted octanol–water partition coefficient (Wildman–Crippen LogP) is 3.26. The summed E-state index contributed by atoms with van der Waals surface area (Å²) < 4.78 is 0. The van der Waals surface area contributed by atoms with Crippen molar-refractivity contribution >= 4 is 23.3 Å². The first-order chi connectivity index (χ1) is 15.2. The Kier molecular flexibility index (Phi) is 6.92. The molecular weight excluding hydrogens is 390 g/mol. The van der Waals surface area contributed by atoms with Gasteiger partial charge in [-0.1, -0.05) is 25.5 Å². The maximum absolute atomic E-state index is 13.1. The fraction of sp³-hybridized carbons (Fsp3) is 0.500. The van der Waals surface area contributed by atoms with E-state index >= 15 is 0 Å². The van der Waals surface area contributed by atoms with Crippen molar-refractivity contribution in [2.45, 2.75) is 44.9 Å². The fourth-order valence-corrected chi connectivity index (χ4v) is 4.27. The van der Waals surface area contributed by atoms with Crippen molar-refractivity contribution in [3.63, 3.8) is 0 Å². The van der Waals surface area contributed by atoms with Crippen LogP contribution in [0.5, 0.6) is 0 Å². The van der Waals surface area contributed by atoms with Gasteiger partial charge in [-0.2, -0.15) is 5.10 Å². The van der Waals surface area contributed by atoms with E-state index in [1.54, 1.807) is 17.2 Å². The van der Waals surface area contributed by atoms with E-state index in [9.17, 15) is 9.59 Å². The van der Waals surface area contributed by atoms with Crippen molar-refractivity contribution in [2.24, 2.45) is 5.92 Å². The Morgan fingerprint density at radius 3 is 2.45 bits per heavy atom. The molecule has 7 nitrogen and oxygen atoms in total. The minimum Gasteiger partial charge on any atom is -0.343 e. The van der Waals surface area contributed by atoms with Crippen LogP contribution in [0.15, 0.2) is 42.6 Å². The molecule has 164 valence electrons. The van der Waals surface area contributed by atoms with Gasteiger partial charge in [0.25, 0.3) is 0 Å². The van der Waals surface area contributed by atoms with E-state index in [2.05, 4.69) is 34.6 Å². The monoisotopic (exact) mass is 421 g/mol. The molecule has 31 heavy (non-hydrogen) atoms. The standard InChI is InChI=1S/C24H31N5O2/c1-2-3-6-23(30)28-14-11-19(12-15-28)18-7-9-21(10-8-18)29(22-5-4-13-26-27-22)24(31)20-16-25-17-20/h4-5,7-10,13,19-20,25H,2-3,6,11-12,14-17H2,1H3. The lowest BCUT2D eigenvalue weighted by Crippen LogP contribution is -2.51. The van der Waals surface area contributed by atoms with Gasteiger partial charge >= 0.3 is 0 Å². The number of nitrogens with zero attached hydrogens (tertiary/aromatic N) is 4. The summed E-state index contributed by atoms with van der Waals surface area (Å²) in [6, 6.07) is 11.9. The molecule has 1 aromatic carbocycles. The minimum atomic E-state index is -0.0312. The average Bonchev–Trinajstić information content (AvgIpc) is 2.78. The molecule has 0 bridgehead atoms. The molecular formula is C24H31N5O2. The number of hydrogen-bond acceptors (Lipinski definition) is 5. The maximum atomic E-state index is 13.1. The normalized spacial score (nSPS) is 17.3. The van der Waals surface area contributed by atoms with Gasteiger partial charge in [0.2, 0.25) is 11.8 Å². The van der Waals surface area contributed by atoms with Gasteiger partial charge in [0, 0.05) is 38.8 Å². The van der Waals surface area contributed by atoms with E-state index < -0.39 is 0 Å². The molecule has 2 fully saturated rings. The van der Waals surface area contributed by atoms with Crippen LogP contribution in [0.3, 0.4) is 0 Å². The van der Waals surface area contributed by atoms with Crippen molar-refractivity contribution in [3.8, 4) is 0 Å². The number of benzene rings is 1. The highest BCUT2D eigenvalue weighted by Crippen LogP contribution is 2.32. The van der Waals surface area contributed by atoms with Gasteiger partial charge in [0.1, 0.15) is 0 Å². The fourth-order valence-electron chi connectivity index (χ4n) is 4.27. The molecule has 0 spiro atoms. The van der Waals surface area contributed by atoms with Gasteiger partial charge < -0.3 is 10.2 Å². The summed E-state index contributed by atoms with van der Waals surface area (Å²) in [7, 11) is 0. The van der Waals surface area contributed by atoms with Crippen molar-refractivity contribution in [1.29, 1.82) is 0 Å². The lowest BCUT2D eigenvalue weighted by atomic mass is 9.89. The lowest BCUT2D eigenvalue weighted by molar-refractivity contribution is -0.132. The molecule has 0 radical (unpaired) electrons. The number of likely N-dealkylation sites (tertiary alicyclic amines) is 1. The van der Waals surface area contributed by atoms with Crippen LogP contribution >= 0.6 is 0 Å². The summed E-state index contributed by atoms with van der Waals surface area (Å²) in [5.41, 5.74) is 2.08. The number of carbonyl (C=O) groups is 2. The molecule has 2 amide bonds. The topological polar surface area (TPSA) is 78.4 Å². The number of amides is 2. The second-order valence-electron chi connectivity index (χ2n) is 8.46. The number of nitrogens with one attached hydrogen (secondary N) is 1. The number of anilines is 2. The number of unbranched alkanes of at least 4 members (excludes halogenated alkanes) is 1. The Morgan fingerprint density at radius 1 is 1.13 bits per heavy atom. The molecule has 3 heterocycles. The first-order valence-electron chi connectivity index (χ1n) is 11.4. The van der Waals surface area contributed by atoms with Gasteiger partial charge in [-0.15, -0.1) is 5.10 Å². The highest BCUT2D eigenvalue weighted by Gasteiger charge is 2.32. The number of aromatic nitrogens is 2. The number of hydrogen-bond donors (Lipinski definition) is 1. The summed E-state index contributed by atoms with van der Waals surface area (Å²) in [4.78, 5) is 29.0. The molecule has 0 unspecified atom stereocenters. The van der Waals surface area contributed by atoms with E-state index in [0.29, 0.717) is 37.2 Å². The Balaban J connectivity index is 1.44. The molecule has 0 saturated carbocycles. The van der Waals surface area contributed by atoms with Crippen LogP contribution in [0.2, 0.25) is 0 Å². The third-order valence-electron chi connectivity index (χ3n) is 6.35. The Hall–Kier alpha value is -2.80. The van der Waals surface area contributed by atoms with E-state index in [-0.39, 0.29) is 11.8 Å². The van der Waals surface area contributed by atoms with Gasteiger partial charge in [-0.05, 0) is 55.0 Å².